The molecule has 0 aliphatic carbocycles. The summed E-state index contributed by atoms with van der Waals surface area (Å²) in [7, 11) is 0. The Morgan fingerprint density at radius 3 is 2.32 bits per heavy atom. The standard InChI is InChI=1S/C22H20ClF6N5O3.ClH/c23-15-6-4-12(5-7-15)19-32-34(20(37)33(19)10-17(35)22(27,28)29)11-18(36)31-9-16(30)13-2-1-3-14(8-13)21(24,25)26;/h1-8,16-17,35H,9-11,30H2,(H,31,36);1H/t16?,17-;/m0./s1. The molecule has 0 fully saturated rings. The van der Waals surface area contributed by atoms with Crippen molar-refractivity contribution >= 4 is 29.9 Å². The first-order valence-corrected chi connectivity index (χ1v) is 10.9. The van der Waals surface area contributed by atoms with E-state index in [1.165, 1.54) is 36.4 Å². The summed E-state index contributed by atoms with van der Waals surface area (Å²) in [5, 5.41) is 16.1. The second kappa shape index (κ2) is 12.2. The molecule has 38 heavy (non-hydrogen) atoms. The minimum Gasteiger partial charge on any atom is -0.382 e. The van der Waals surface area contributed by atoms with E-state index in [0.29, 0.717) is 14.3 Å². The molecule has 2 aromatic carbocycles. The average Bonchev–Trinajstić information content (AvgIpc) is 3.11. The maximum absolute atomic E-state index is 12.9. The van der Waals surface area contributed by atoms with Crippen molar-refractivity contribution < 1.29 is 36.2 Å². The number of aromatic nitrogens is 3. The number of rotatable bonds is 8. The molecule has 0 bridgehead atoms. The molecule has 1 unspecified atom stereocenters. The lowest BCUT2D eigenvalue weighted by atomic mass is 10.0. The lowest BCUT2D eigenvalue weighted by Crippen LogP contribution is -2.39. The zero-order chi connectivity index (χ0) is 27.5. The highest BCUT2D eigenvalue weighted by Gasteiger charge is 2.39. The lowest BCUT2D eigenvalue weighted by molar-refractivity contribution is -0.207. The predicted molar refractivity (Wildman–Crippen MR) is 128 cm³/mol. The molecule has 0 radical (unpaired) electrons. The quantitative estimate of drug-likeness (QED) is 0.349. The van der Waals surface area contributed by atoms with Gasteiger partial charge in [-0.25, -0.2) is 9.48 Å². The Morgan fingerprint density at radius 1 is 1.11 bits per heavy atom. The van der Waals surface area contributed by atoms with Gasteiger partial charge >= 0.3 is 18.0 Å². The minimum absolute atomic E-state index is 0. The number of hydrogen-bond acceptors (Lipinski definition) is 5. The average molecular weight is 588 g/mol. The van der Waals surface area contributed by atoms with Crippen LogP contribution in [0.2, 0.25) is 5.02 Å². The van der Waals surface area contributed by atoms with Gasteiger partial charge in [0.25, 0.3) is 0 Å². The third-order valence-corrected chi connectivity index (χ3v) is 5.47. The van der Waals surface area contributed by atoms with E-state index in [1.807, 2.05) is 0 Å². The minimum atomic E-state index is -5.02. The summed E-state index contributed by atoms with van der Waals surface area (Å²) >= 11 is 5.82. The second-order valence-electron chi connectivity index (χ2n) is 7.97. The van der Waals surface area contributed by atoms with Crippen LogP contribution in [0.3, 0.4) is 0 Å². The van der Waals surface area contributed by atoms with Crippen LogP contribution in [-0.4, -0.2) is 44.2 Å². The molecule has 3 aromatic rings. The highest BCUT2D eigenvalue weighted by atomic mass is 35.5. The summed E-state index contributed by atoms with van der Waals surface area (Å²) in [6.45, 7) is -2.21. The number of alkyl halides is 6. The summed E-state index contributed by atoms with van der Waals surface area (Å²) in [4.78, 5) is 25.2. The van der Waals surface area contributed by atoms with Crippen molar-refractivity contribution in [2.24, 2.45) is 5.73 Å². The van der Waals surface area contributed by atoms with Crippen molar-refractivity contribution in [2.75, 3.05) is 6.54 Å². The molecular weight excluding hydrogens is 567 g/mol. The number of nitrogens with two attached hydrogens (primary N) is 1. The first-order chi connectivity index (χ1) is 17.2. The topological polar surface area (TPSA) is 115 Å². The molecule has 2 atom stereocenters. The van der Waals surface area contributed by atoms with Gasteiger partial charge in [-0.1, -0.05) is 23.7 Å². The lowest BCUT2D eigenvalue weighted by Gasteiger charge is -2.15. The number of nitrogens with zero attached hydrogens (tertiary/aromatic N) is 3. The smallest absolute Gasteiger partial charge is 0.382 e. The van der Waals surface area contributed by atoms with Crippen LogP contribution in [0.25, 0.3) is 11.4 Å². The van der Waals surface area contributed by atoms with Crippen LogP contribution >= 0.6 is 24.0 Å². The largest absolute Gasteiger partial charge is 0.416 e. The Balaban J connectivity index is 0.00000507. The third-order valence-electron chi connectivity index (χ3n) is 5.21. The summed E-state index contributed by atoms with van der Waals surface area (Å²) < 4.78 is 78.7. The molecule has 4 N–H and O–H groups in total. The fourth-order valence-electron chi connectivity index (χ4n) is 3.28. The molecule has 0 saturated heterocycles. The third kappa shape index (κ3) is 7.72. The number of aliphatic hydroxyl groups is 1. The Hall–Kier alpha value is -3.07. The molecule has 8 nitrogen and oxygen atoms in total. The molecule has 0 aliphatic rings. The zero-order valence-corrected chi connectivity index (χ0v) is 20.7. The number of carbonyl (C=O) groups is 1. The van der Waals surface area contributed by atoms with Gasteiger partial charge in [-0.3, -0.25) is 9.36 Å². The van der Waals surface area contributed by atoms with Crippen molar-refractivity contribution in [1.29, 1.82) is 0 Å². The summed E-state index contributed by atoms with van der Waals surface area (Å²) in [5.74, 6) is -1.08. The van der Waals surface area contributed by atoms with Gasteiger partial charge in [-0.05, 0) is 42.0 Å². The molecule has 16 heteroatoms. The highest BCUT2D eigenvalue weighted by Crippen LogP contribution is 2.30. The number of aliphatic hydroxyl groups excluding tert-OH is 1. The summed E-state index contributed by atoms with van der Waals surface area (Å²) in [6.07, 6.45) is -12.5. The molecule has 0 saturated carbocycles. The molecule has 1 aromatic heterocycles. The first-order valence-electron chi connectivity index (χ1n) is 10.5. The molecule has 0 aliphatic heterocycles. The van der Waals surface area contributed by atoms with Crippen molar-refractivity contribution in [3.05, 3.63) is 75.2 Å². The summed E-state index contributed by atoms with van der Waals surface area (Å²) in [6, 6.07) is 8.80. The number of hydrogen-bond donors (Lipinski definition) is 3. The van der Waals surface area contributed by atoms with Crippen LogP contribution < -0.4 is 16.7 Å². The second-order valence-corrected chi connectivity index (χ2v) is 8.41. The summed E-state index contributed by atoms with van der Waals surface area (Å²) in [5.41, 5.74) is 4.15. The Kier molecular flexibility index (Phi) is 10.00. The van der Waals surface area contributed by atoms with Gasteiger partial charge in [0.05, 0.1) is 12.1 Å². The SMILES string of the molecule is Cl.NC(CNC(=O)Cn1nc(-c2ccc(Cl)cc2)n(C[C@H](O)C(F)(F)F)c1=O)c1cccc(C(F)(F)F)c1. The first kappa shape index (κ1) is 31.1. The van der Waals surface area contributed by atoms with Gasteiger partial charge < -0.3 is 16.2 Å². The predicted octanol–water partition coefficient (Wildman–Crippen LogP) is 3.55. The van der Waals surface area contributed by atoms with Crippen molar-refractivity contribution in [2.45, 2.75) is 37.6 Å². The normalized spacial score (nSPS) is 13.5. The highest BCUT2D eigenvalue weighted by molar-refractivity contribution is 6.30. The Morgan fingerprint density at radius 2 is 1.74 bits per heavy atom. The van der Waals surface area contributed by atoms with Crippen molar-refractivity contribution in [3.63, 3.8) is 0 Å². The van der Waals surface area contributed by atoms with Crippen LogP contribution in [0, 0.1) is 0 Å². The van der Waals surface area contributed by atoms with E-state index in [9.17, 15) is 41.0 Å². The number of carbonyl (C=O) groups excluding carboxylic acids is 1. The number of amides is 1. The Labute approximate surface area is 222 Å². The molecule has 1 heterocycles. The van der Waals surface area contributed by atoms with E-state index in [4.69, 9.17) is 17.3 Å². The van der Waals surface area contributed by atoms with Gasteiger partial charge in [-0.15, -0.1) is 17.5 Å². The molecular formula is C22H21Cl2F6N5O3. The van der Waals surface area contributed by atoms with Crippen molar-refractivity contribution in [3.8, 4) is 11.4 Å². The van der Waals surface area contributed by atoms with Crippen LogP contribution in [0.1, 0.15) is 17.2 Å². The number of halogens is 8. The van der Waals surface area contributed by atoms with Crippen LogP contribution in [-0.2, 0) is 24.1 Å². The zero-order valence-electron chi connectivity index (χ0n) is 19.1. The fraction of sp³-hybridized carbons (Fsp3) is 0.318. The number of benzene rings is 2. The van der Waals surface area contributed by atoms with Crippen LogP contribution in [0.15, 0.2) is 53.3 Å². The van der Waals surface area contributed by atoms with E-state index >= 15 is 0 Å². The van der Waals surface area contributed by atoms with Crippen LogP contribution in [0.5, 0.6) is 0 Å². The van der Waals surface area contributed by atoms with Gasteiger partial charge in [0.2, 0.25) is 5.91 Å². The van der Waals surface area contributed by atoms with Gasteiger partial charge in [0.15, 0.2) is 11.9 Å². The fourth-order valence-corrected chi connectivity index (χ4v) is 3.40. The number of nitrogens with one attached hydrogen (secondary N) is 1. The molecule has 3 rings (SSSR count). The van der Waals surface area contributed by atoms with E-state index in [0.717, 1.165) is 12.1 Å². The van der Waals surface area contributed by atoms with E-state index in [-0.39, 0.29) is 35.9 Å². The van der Waals surface area contributed by atoms with E-state index < -0.39 is 54.7 Å². The van der Waals surface area contributed by atoms with Gasteiger partial charge in [-0.2, -0.15) is 26.3 Å². The maximum Gasteiger partial charge on any atom is 0.416 e. The molecule has 208 valence electrons. The molecule has 1 amide bonds. The van der Waals surface area contributed by atoms with E-state index in [2.05, 4.69) is 10.4 Å². The Bertz CT molecular complexity index is 1310. The monoisotopic (exact) mass is 587 g/mol. The van der Waals surface area contributed by atoms with Gasteiger partial charge in [0, 0.05) is 23.2 Å². The van der Waals surface area contributed by atoms with Crippen LogP contribution in [0.4, 0.5) is 26.3 Å². The van der Waals surface area contributed by atoms with E-state index in [1.54, 1.807) is 0 Å². The van der Waals surface area contributed by atoms with Crippen molar-refractivity contribution in [1.82, 2.24) is 19.7 Å². The van der Waals surface area contributed by atoms with Gasteiger partial charge in [0.1, 0.15) is 6.54 Å². The maximum atomic E-state index is 12.9. The molecule has 0 spiro atoms.